The van der Waals surface area contributed by atoms with Gasteiger partial charge in [0.25, 0.3) is 0 Å². The minimum atomic E-state index is -0.262. The van der Waals surface area contributed by atoms with Crippen molar-refractivity contribution in [1.82, 2.24) is 5.32 Å². The van der Waals surface area contributed by atoms with Crippen LogP contribution in [0.25, 0.3) is 0 Å². The summed E-state index contributed by atoms with van der Waals surface area (Å²) < 4.78 is 24.1. The Hall–Kier alpha value is -1.13. The van der Waals surface area contributed by atoms with Gasteiger partial charge in [0.15, 0.2) is 0 Å². The van der Waals surface area contributed by atoms with Crippen molar-refractivity contribution >= 4 is 0 Å². The van der Waals surface area contributed by atoms with Crippen molar-refractivity contribution in [3.05, 3.63) is 29.6 Å². The van der Waals surface area contributed by atoms with Crippen LogP contribution in [0.1, 0.15) is 12.0 Å². The van der Waals surface area contributed by atoms with Crippen molar-refractivity contribution in [1.29, 1.82) is 0 Å². The lowest BCUT2D eigenvalue weighted by atomic mass is 10.2. The van der Waals surface area contributed by atoms with Crippen LogP contribution >= 0.6 is 0 Å². The van der Waals surface area contributed by atoms with E-state index in [-0.39, 0.29) is 11.9 Å². The standard InChI is InChI=1S/C12H16FNO2/c1-14-7-9-4-10(13)6-12(5-9)16-11-2-3-15-8-11/h4-6,11,14H,2-3,7-8H2,1H3. The normalized spacial score (nSPS) is 20.0. The molecule has 1 aromatic rings. The maximum atomic E-state index is 13.3. The second kappa shape index (κ2) is 5.27. The second-order valence-electron chi connectivity index (χ2n) is 3.93. The van der Waals surface area contributed by atoms with Gasteiger partial charge in [0.2, 0.25) is 0 Å². The molecule has 0 amide bonds. The van der Waals surface area contributed by atoms with Gasteiger partial charge in [-0.3, -0.25) is 0 Å². The maximum absolute atomic E-state index is 13.3. The monoisotopic (exact) mass is 225 g/mol. The molecule has 1 N–H and O–H groups in total. The van der Waals surface area contributed by atoms with E-state index in [1.54, 1.807) is 0 Å². The molecule has 1 saturated heterocycles. The highest BCUT2D eigenvalue weighted by Crippen LogP contribution is 2.20. The van der Waals surface area contributed by atoms with Gasteiger partial charge in [0, 0.05) is 19.0 Å². The zero-order chi connectivity index (χ0) is 11.4. The number of nitrogens with one attached hydrogen (secondary N) is 1. The van der Waals surface area contributed by atoms with Gasteiger partial charge in [-0.15, -0.1) is 0 Å². The van der Waals surface area contributed by atoms with Crippen LogP contribution in [0.3, 0.4) is 0 Å². The third-order valence-corrected chi connectivity index (χ3v) is 2.50. The summed E-state index contributed by atoms with van der Waals surface area (Å²) in [4.78, 5) is 0. The van der Waals surface area contributed by atoms with Gasteiger partial charge in [0.05, 0.1) is 13.2 Å². The fourth-order valence-electron chi connectivity index (χ4n) is 1.79. The summed E-state index contributed by atoms with van der Waals surface area (Å²) in [5.41, 5.74) is 0.886. The first-order valence-corrected chi connectivity index (χ1v) is 5.46. The number of hydrogen-bond donors (Lipinski definition) is 1. The van der Waals surface area contributed by atoms with Crippen molar-refractivity contribution in [3.8, 4) is 5.75 Å². The summed E-state index contributed by atoms with van der Waals surface area (Å²) in [6.45, 7) is 1.95. The zero-order valence-electron chi connectivity index (χ0n) is 9.33. The molecular weight excluding hydrogens is 209 g/mol. The lowest BCUT2D eigenvalue weighted by Gasteiger charge is -2.13. The van der Waals surface area contributed by atoms with Crippen LogP contribution in [-0.4, -0.2) is 26.4 Å². The average Bonchev–Trinajstić information content (AvgIpc) is 2.70. The molecule has 16 heavy (non-hydrogen) atoms. The van der Waals surface area contributed by atoms with Crippen molar-refractivity contribution in [3.63, 3.8) is 0 Å². The van der Waals surface area contributed by atoms with Crippen LogP contribution in [0.4, 0.5) is 4.39 Å². The second-order valence-corrected chi connectivity index (χ2v) is 3.93. The molecule has 0 aromatic heterocycles. The number of benzene rings is 1. The Labute approximate surface area is 94.6 Å². The van der Waals surface area contributed by atoms with Crippen molar-refractivity contribution in [2.24, 2.45) is 0 Å². The highest BCUT2D eigenvalue weighted by molar-refractivity contribution is 5.29. The molecule has 0 bridgehead atoms. The number of halogens is 1. The molecule has 1 aliphatic heterocycles. The van der Waals surface area contributed by atoms with Gasteiger partial charge in [-0.2, -0.15) is 0 Å². The smallest absolute Gasteiger partial charge is 0.127 e. The minimum absolute atomic E-state index is 0.0595. The molecule has 4 heteroatoms. The number of rotatable bonds is 4. The molecule has 0 saturated carbocycles. The Morgan fingerprint density at radius 1 is 1.50 bits per heavy atom. The van der Waals surface area contributed by atoms with Crippen LogP contribution in [0.5, 0.6) is 5.75 Å². The Morgan fingerprint density at radius 3 is 3.06 bits per heavy atom. The molecule has 1 atom stereocenters. The van der Waals surface area contributed by atoms with Crippen LogP contribution in [0.15, 0.2) is 18.2 Å². The molecule has 1 heterocycles. The molecule has 1 aromatic carbocycles. The third-order valence-electron chi connectivity index (χ3n) is 2.50. The van der Waals surface area contributed by atoms with Gasteiger partial charge in [0.1, 0.15) is 17.7 Å². The molecule has 1 aliphatic rings. The predicted molar refractivity (Wildman–Crippen MR) is 59.0 cm³/mol. The van der Waals surface area contributed by atoms with E-state index in [1.165, 1.54) is 12.1 Å². The van der Waals surface area contributed by atoms with Gasteiger partial charge < -0.3 is 14.8 Å². The molecule has 3 nitrogen and oxygen atoms in total. The summed E-state index contributed by atoms with van der Waals surface area (Å²) in [7, 11) is 1.83. The Morgan fingerprint density at radius 2 is 2.38 bits per heavy atom. The minimum Gasteiger partial charge on any atom is -0.488 e. The Kier molecular flexibility index (Phi) is 3.74. The van der Waals surface area contributed by atoms with E-state index in [1.807, 2.05) is 13.1 Å². The van der Waals surface area contributed by atoms with Gasteiger partial charge >= 0.3 is 0 Å². The van der Waals surface area contributed by atoms with Crippen LogP contribution in [0, 0.1) is 5.82 Å². The van der Waals surface area contributed by atoms with Gasteiger partial charge in [-0.1, -0.05) is 0 Å². The highest BCUT2D eigenvalue weighted by Gasteiger charge is 2.17. The summed E-state index contributed by atoms with van der Waals surface area (Å²) in [6.07, 6.45) is 0.932. The predicted octanol–water partition coefficient (Wildman–Crippen LogP) is 1.71. The molecule has 0 aliphatic carbocycles. The van der Waals surface area contributed by atoms with Crippen molar-refractivity contribution in [2.45, 2.75) is 19.1 Å². The molecule has 1 fully saturated rings. The van der Waals surface area contributed by atoms with E-state index in [0.717, 1.165) is 18.6 Å². The van der Waals surface area contributed by atoms with Gasteiger partial charge in [-0.25, -0.2) is 4.39 Å². The van der Waals surface area contributed by atoms with Crippen LogP contribution < -0.4 is 10.1 Å². The fraction of sp³-hybridized carbons (Fsp3) is 0.500. The summed E-state index contributed by atoms with van der Waals surface area (Å²) >= 11 is 0. The SMILES string of the molecule is CNCc1cc(F)cc(OC2CCOC2)c1. The first-order valence-electron chi connectivity index (χ1n) is 5.46. The Balaban J connectivity index is 2.06. The maximum Gasteiger partial charge on any atom is 0.127 e. The topological polar surface area (TPSA) is 30.5 Å². The lowest BCUT2D eigenvalue weighted by molar-refractivity contribution is 0.141. The Bertz CT molecular complexity index is 351. The quantitative estimate of drug-likeness (QED) is 0.846. The highest BCUT2D eigenvalue weighted by atomic mass is 19.1. The molecule has 1 unspecified atom stereocenters. The van der Waals surface area contributed by atoms with Crippen molar-refractivity contribution < 1.29 is 13.9 Å². The molecule has 88 valence electrons. The molecule has 0 spiro atoms. The first-order chi connectivity index (χ1) is 7.78. The summed E-state index contributed by atoms with van der Waals surface area (Å²) in [5, 5.41) is 2.99. The summed E-state index contributed by atoms with van der Waals surface area (Å²) in [5.74, 6) is 0.322. The van der Waals surface area contributed by atoms with Crippen LogP contribution in [-0.2, 0) is 11.3 Å². The van der Waals surface area contributed by atoms with E-state index < -0.39 is 0 Å². The van der Waals surface area contributed by atoms with E-state index in [0.29, 0.717) is 18.9 Å². The van der Waals surface area contributed by atoms with E-state index in [2.05, 4.69) is 5.32 Å². The lowest BCUT2D eigenvalue weighted by Crippen LogP contribution is -2.16. The first kappa shape index (κ1) is 11.4. The largest absolute Gasteiger partial charge is 0.488 e. The van der Waals surface area contributed by atoms with E-state index in [4.69, 9.17) is 9.47 Å². The average molecular weight is 225 g/mol. The van der Waals surface area contributed by atoms with Gasteiger partial charge in [-0.05, 0) is 24.7 Å². The third kappa shape index (κ3) is 2.93. The number of hydrogen-bond acceptors (Lipinski definition) is 3. The van der Waals surface area contributed by atoms with Crippen LogP contribution in [0.2, 0.25) is 0 Å². The van der Waals surface area contributed by atoms with E-state index in [9.17, 15) is 4.39 Å². The zero-order valence-corrected chi connectivity index (χ0v) is 9.33. The summed E-state index contributed by atoms with van der Waals surface area (Å²) in [6, 6.07) is 4.78. The molecule has 0 radical (unpaired) electrons. The molecular formula is C12H16FNO2. The van der Waals surface area contributed by atoms with E-state index >= 15 is 0 Å². The molecule has 2 rings (SSSR count). The number of ether oxygens (including phenoxy) is 2. The fourth-order valence-corrected chi connectivity index (χ4v) is 1.79. The van der Waals surface area contributed by atoms with Crippen molar-refractivity contribution in [2.75, 3.05) is 20.3 Å².